The van der Waals surface area contributed by atoms with E-state index >= 15 is 0 Å². The Morgan fingerprint density at radius 1 is 1.00 bits per heavy atom. The number of rotatable bonds is 9. The lowest BCUT2D eigenvalue weighted by molar-refractivity contribution is -0.0102. The fourth-order valence-electron chi connectivity index (χ4n) is 5.04. The van der Waals surface area contributed by atoms with Gasteiger partial charge in [-0.05, 0) is 59.4 Å². The van der Waals surface area contributed by atoms with E-state index in [0.29, 0.717) is 18.4 Å². The number of aromatic nitrogens is 1. The molecule has 2 aliphatic rings. The number of hydrogen-bond donors (Lipinski definition) is 2. The van der Waals surface area contributed by atoms with Gasteiger partial charge in [0.05, 0.1) is 0 Å². The summed E-state index contributed by atoms with van der Waals surface area (Å²) in [7, 11) is 0. The summed E-state index contributed by atoms with van der Waals surface area (Å²) in [5.41, 5.74) is 5.16. The molecule has 0 spiro atoms. The third kappa shape index (κ3) is 5.33. The van der Waals surface area contributed by atoms with Crippen molar-refractivity contribution in [3.05, 3.63) is 95.3 Å². The number of likely N-dealkylation sites (tertiary alicyclic amines) is 1. The first-order chi connectivity index (χ1) is 16.2. The normalized spacial score (nSPS) is 21.9. The topological polar surface area (TPSA) is 48.4 Å². The largest absolute Gasteiger partial charge is 0.365 e. The summed E-state index contributed by atoms with van der Waals surface area (Å²) in [4.78, 5) is 8.34. The minimum absolute atomic E-state index is 0.283. The lowest BCUT2D eigenvalue weighted by atomic mass is 9.84. The van der Waals surface area contributed by atoms with Crippen LogP contribution in [-0.4, -0.2) is 40.2 Å². The second-order valence-electron chi connectivity index (χ2n) is 9.16. The van der Waals surface area contributed by atoms with Gasteiger partial charge in [0, 0.05) is 48.3 Å². The van der Waals surface area contributed by atoms with E-state index in [-0.39, 0.29) is 5.92 Å². The lowest BCUT2D eigenvalue weighted by Crippen LogP contribution is -2.44. The average Bonchev–Trinajstić information content (AvgIpc) is 3.62. The quantitative estimate of drug-likeness (QED) is 0.335. The maximum Gasteiger partial charge on any atom is 0.163 e. The highest BCUT2D eigenvalue weighted by Gasteiger charge is 2.40. The first-order valence-corrected chi connectivity index (χ1v) is 13.1. The number of pyridine rings is 1. The van der Waals surface area contributed by atoms with Gasteiger partial charge in [0.2, 0.25) is 0 Å². The number of nitrogens with one attached hydrogen (secondary N) is 1. The summed E-state index contributed by atoms with van der Waals surface area (Å²) in [6.07, 6.45) is 3.79. The molecule has 3 atom stereocenters. The zero-order chi connectivity index (χ0) is 22.6. The van der Waals surface area contributed by atoms with Crippen LogP contribution in [-0.2, 0) is 6.54 Å². The van der Waals surface area contributed by atoms with Crippen molar-refractivity contribution in [2.45, 2.75) is 55.3 Å². The maximum atomic E-state index is 11.1. The number of aliphatic hydroxyl groups is 1. The predicted octanol–water partition coefficient (Wildman–Crippen LogP) is 5.32. The summed E-state index contributed by atoms with van der Waals surface area (Å²) in [5.74, 6) is 2.34. The Hall–Kier alpha value is -2.18. The molecule has 4 nitrogen and oxygen atoms in total. The molecule has 0 radical (unpaired) electrons. The van der Waals surface area contributed by atoms with Crippen LogP contribution in [0, 0.1) is 0 Å². The second-order valence-corrected chi connectivity index (χ2v) is 10.5. The molecular weight excluding hydrogens is 426 g/mol. The Kier molecular flexibility index (Phi) is 7.12. The van der Waals surface area contributed by atoms with E-state index in [1.54, 1.807) is 0 Å². The van der Waals surface area contributed by atoms with Gasteiger partial charge in [0.1, 0.15) is 0 Å². The highest BCUT2D eigenvalue weighted by atomic mass is 32.2. The molecule has 5 heteroatoms. The van der Waals surface area contributed by atoms with Crippen molar-refractivity contribution >= 4 is 11.8 Å². The molecular formula is C28H33N3OS. The maximum absolute atomic E-state index is 11.1. The monoisotopic (exact) mass is 459 g/mol. The fourth-order valence-corrected chi connectivity index (χ4v) is 5.70. The standard InChI is InChI=1S/C28H33N3OS/c1-2-33-23-14-10-20(11-15-23)17-30-28(32)31-18-25(21-7-4-3-5-8-21)26(19-31)27-24(22-12-13-22)9-6-16-29-27/h3-11,14-16,22,25-26,28,30,32H,2,12-13,17-19H2,1H3. The van der Waals surface area contributed by atoms with Gasteiger partial charge in [0.25, 0.3) is 0 Å². The first kappa shape index (κ1) is 22.6. The molecule has 1 aliphatic carbocycles. The minimum atomic E-state index is -0.681. The summed E-state index contributed by atoms with van der Waals surface area (Å²) < 4.78 is 0. The van der Waals surface area contributed by atoms with Crippen molar-refractivity contribution in [2.24, 2.45) is 0 Å². The zero-order valence-electron chi connectivity index (χ0n) is 19.2. The molecule has 33 heavy (non-hydrogen) atoms. The van der Waals surface area contributed by atoms with Crippen LogP contribution in [0.15, 0.2) is 77.8 Å². The molecule has 3 aromatic rings. The van der Waals surface area contributed by atoms with Crippen LogP contribution in [0.2, 0.25) is 0 Å². The van der Waals surface area contributed by atoms with Crippen LogP contribution in [0.25, 0.3) is 0 Å². The van der Waals surface area contributed by atoms with Crippen LogP contribution < -0.4 is 5.32 Å². The van der Waals surface area contributed by atoms with Gasteiger partial charge in [-0.3, -0.25) is 15.2 Å². The fraction of sp³-hybridized carbons (Fsp3) is 0.393. The van der Waals surface area contributed by atoms with E-state index < -0.39 is 6.35 Å². The zero-order valence-corrected chi connectivity index (χ0v) is 20.0. The van der Waals surface area contributed by atoms with E-state index in [4.69, 9.17) is 4.98 Å². The average molecular weight is 460 g/mol. The lowest BCUT2D eigenvalue weighted by Gasteiger charge is -2.24. The van der Waals surface area contributed by atoms with Gasteiger partial charge in [0.15, 0.2) is 6.35 Å². The van der Waals surface area contributed by atoms with Crippen LogP contribution in [0.4, 0.5) is 0 Å². The van der Waals surface area contributed by atoms with Crippen LogP contribution in [0.5, 0.6) is 0 Å². The van der Waals surface area contributed by atoms with E-state index in [0.717, 1.165) is 18.8 Å². The van der Waals surface area contributed by atoms with E-state index in [2.05, 4.69) is 83.9 Å². The van der Waals surface area contributed by atoms with Gasteiger partial charge in [-0.2, -0.15) is 0 Å². The molecule has 2 heterocycles. The molecule has 2 aromatic carbocycles. The van der Waals surface area contributed by atoms with Crippen molar-refractivity contribution in [1.82, 2.24) is 15.2 Å². The van der Waals surface area contributed by atoms with Crippen LogP contribution >= 0.6 is 11.8 Å². The first-order valence-electron chi connectivity index (χ1n) is 12.1. The Labute approximate surface area is 201 Å². The summed E-state index contributed by atoms with van der Waals surface area (Å²) in [6.45, 7) is 4.43. The molecule has 1 saturated carbocycles. The molecule has 1 saturated heterocycles. The van der Waals surface area contributed by atoms with Crippen LogP contribution in [0.3, 0.4) is 0 Å². The highest BCUT2D eigenvalue weighted by Crippen LogP contribution is 2.47. The van der Waals surface area contributed by atoms with Crippen molar-refractivity contribution in [3.8, 4) is 0 Å². The Morgan fingerprint density at radius 3 is 2.48 bits per heavy atom. The molecule has 3 unspecified atom stereocenters. The second kappa shape index (κ2) is 10.4. The number of benzene rings is 2. The van der Waals surface area contributed by atoms with Crippen molar-refractivity contribution in [1.29, 1.82) is 0 Å². The van der Waals surface area contributed by atoms with E-state index in [1.165, 1.54) is 40.1 Å². The Morgan fingerprint density at radius 2 is 1.76 bits per heavy atom. The van der Waals surface area contributed by atoms with Gasteiger partial charge < -0.3 is 5.11 Å². The number of hydrogen-bond acceptors (Lipinski definition) is 5. The van der Waals surface area contributed by atoms with Gasteiger partial charge >= 0.3 is 0 Å². The predicted molar refractivity (Wildman–Crippen MR) is 135 cm³/mol. The third-order valence-corrected chi connectivity index (χ3v) is 7.78. The van der Waals surface area contributed by atoms with Crippen LogP contribution in [0.1, 0.15) is 59.9 Å². The molecule has 0 amide bonds. The third-order valence-electron chi connectivity index (χ3n) is 6.88. The van der Waals surface area contributed by atoms with Gasteiger partial charge in [-0.25, -0.2) is 0 Å². The van der Waals surface area contributed by atoms with Gasteiger partial charge in [-0.15, -0.1) is 11.8 Å². The molecule has 1 aromatic heterocycles. The molecule has 0 bridgehead atoms. The van der Waals surface area contributed by atoms with Crippen molar-refractivity contribution in [2.75, 3.05) is 18.8 Å². The SMILES string of the molecule is CCSc1ccc(CNC(O)N2CC(c3ccccc3)C(c3ncccc3C3CC3)C2)cc1. The van der Waals surface area contributed by atoms with E-state index in [9.17, 15) is 5.11 Å². The number of thioether (sulfide) groups is 1. The van der Waals surface area contributed by atoms with Gasteiger partial charge in [-0.1, -0.05) is 55.5 Å². The van der Waals surface area contributed by atoms with Crippen molar-refractivity contribution < 1.29 is 5.11 Å². The molecule has 172 valence electrons. The van der Waals surface area contributed by atoms with E-state index in [1.807, 2.05) is 18.0 Å². The summed E-state index contributed by atoms with van der Waals surface area (Å²) >= 11 is 1.85. The Bertz CT molecular complexity index is 1040. The minimum Gasteiger partial charge on any atom is -0.365 e. The summed E-state index contributed by atoms with van der Waals surface area (Å²) in [5, 5.41) is 14.4. The number of aliphatic hydroxyl groups excluding tert-OH is 1. The summed E-state index contributed by atoms with van der Waals surface area (Å²) in [6, 6.07) is 23.7. The smallest absolute Gasteiger partial charge is 0.163 e. The highest BCUT2D eigenvalue weighted by molar-refractivity contribution is 7.99. The molecule has 2 fully saturated rings. The number of nitrogens with zero attached hydrogens (tertiary/aromatic N) is 2. The molecule has 1 aliphatic heterocycles. The Balaban J connectivity index is 1.31. The molecule has 5 rings (SSSR count). The van der Waals surface area contributed by atoms with Crippen molar-refractivity contribution in [3.63, 3.8) is 0 Å². The molecule has 2 N–H and O–H groups in total.